The van der Waals surface area contributed by atoms with E-state index in [0.717, 1.165) is 25.7 Å². The van der Waals surface area contributed by atoms with Crippen molar-refractivity contribution >= 4 is 5.91 Å². The summed E-state index contributed by atoms with van der Waals surface area (Å²) in [6, 6.07) is 0. The van der Waals surface area contributed by atoms with E-state index in [0.29, 0.717) is 11.7 Å². The van der Waals surface area contributed by atoms with Crippen molar-refractivity contribution in [1.29, 1.82) is 0 Å². The monoisotopic (exact) mass is 261 g/mol. The number of aryl methyl sites for hydroxylation is 1. The van der Waals surface area contributed by atoms with Gasteiger partial charge in [0.1, 0.15) is 5.54 Å². The summed E-state index contributed by atoms with van der Waals surface area (Å²) in [6.07, 6.45) is 10.8. The van der Waals surface area contributed by atoms with Gasteiger partial charge in [-0.25, -0.2) is 0 Å². The normalized spacial score (nSPS) is 18.4. The molecule has 2 rings (SSSR count). The topological polar surface area (TPSA) is 68.0 Å². The lowest BCUT2D eigenvalue weighted by Gasteiger charge is -2.25. The summed E-state index contributed by atoms with van der Waals surface area (Å²) in [4.78, 5) is 16.2. The predicted molar refractivity (Wildman–Crippen MR) is 71.3 cm³/mol. The van der Waals surface area contributed by atoms with Crippen molar-refractivity contribution < 1.29 is 9.32 Å². The Bertz CT molecular complexity index is 497. The Labute approximate surface area is 112 Å². The number of hydrogen-bond acceptors (Lipinski definition) is 4. The van der Waals surface area contributed by atoms with Gasteiger partial charge in [-0.2, -0.15) is 4.98 Å². The molecule has 1 aliphatic rings. The second-order valence-corrected chi connectivity index (χ2v) is 4.80. The van der Waals surface area contributed by atoms with Crippen LogP contribution >= 0.6 is 0 Å². The van der Waals surface area contributed by atoms with Gasteiger partial charge >= 0.3 is 0 Å². The van der Waals surface area contributed by atoms with E-state index in [1.165, 1.54) is 6.08 Å². The minimum atomic E-state index is -0.463. The Morgan fingerprint density at radius 2 is 2.11 bits per heavy atom. The molecule has 0 saturated heterocycles. The highest BCUT2D eigenvalue weighted by atomic mass is 16.5. The first-order chi connectivity index (χ1) is 9.16. The standard InChI is InChI=1S/C14H19N3O2/c1-3-4-5-8-12(18)16-14(9-6-7-10-14)13-15-11(2)19-17-13/h3-5,8H,6-7,9-10H2,1-2H3,(H,16,18). The predicted octanol–water partition coefficient (Wildman–Crippen LogP) is 2.40. The Hall–Kier alpha value is -1.91. The van der Waals surface area contributed by atoms with E-state index in [9.17, 15) is 4.79 Å². The van der Waals surface area contributed by atoms with Gasteiger partial charge in [-0.3, -0.25) is 4.79 Å². The summed E-state index contributed by atoms with van der Waals surface area (Å²) in [6.45, 7) is 3.66. The molecule has 102 valence electrons. The first kappa shape index (κ1) is 13.5. The fraction of sp³-hybridized carbons (Fsp3) is 0.500. The second-order valence-electron chi connectivity index (χ2n) is 4.80. The van der Waals surface area contributed by atoms with E-state index in [4.69, 9.17) is 4.52 Å². The van der Waals surface area contributed by atoms with Gasteiger partial charge < -0.3 is 9.84 Å². The molecule has 0 atom stereocenters. The number of nitrogens with zero attached hydrogens (tertiary/aromatic N) is 2. The van der Waals surface area contributed by atoms with E-state index < -0.39 is 5.54 Å². The van der Waals surface area contributed by atoms with Crippen molar-refractivity contribution in [2.45, 2.75) is 45.1 Å². The van der Waals surface area contributed by atoms with Crippen LogP contribution in [0, 0.1) is 6.92 Å². The van der Waals surface area contributed by atoms with Crippen molar-refractivity contribution in [1.82, 2.24) is 15.5 Å². The molecule has 1 aromatic heterocycles. The zero-order chi connectivity index (χ0) is 13.7. The number of hydrogen-bond donors (Lipinski definition) is 1. The van der Waals surface area contributed by atoms with E-state index >= 15 is 0 Å². The summed E-state index contributed by atoms with van der Waals surface area (Å²) in [7, 11) is 0. The van der Waals surface area contributed by atoms with Crippen LogP contribution in [0.1, 0.15) is 44.3 Å². The van der Waals surface area contributed by atoms with Crippen LogP contribution in [0.25, 0.3) is 0 Å². The summed E-state index contributed by atoms with van der Waals surface area (Å²) >= 11 is 0. The molecule has 1 saturated carbocycles. The maximum absolute atomic E-state index is 11.9. The lowest BCUT2D eigenvalue weighted by Crippen LogP contribution is -2.44. The molecule has 1 N–H and O–H groups in total. The Kier molecular flexibility index (Phi) is 4.14. The molecular weight excluding hydrogens is 242 g/mol. The van der Waals surface area contributed by atoms with Gasteiger partial charge in [0.25, 0.3) is 0 Å². The first-order valence-electron chi connectivity index (χ1n) is 6.58. The molecule has 0 spiro atoms. The fourth-order valence-electron chi connectivity index (χ4n) is 2.41. The van der Waals surface area contributed by atoms with Crippen molar-refractivity contribution in [3.63, 3.8) is 0 Å². The molecule has 5 nitrogen and oxygen atoms in total. The summed E-state index contributed by atoms with van der Waals surface area (Å²) in [5.74, 6) is 0.998. The van der Waals surface area contributed by atoms with Crippen LogP contribution in [-0.2, 0) is 10.3 Å². The van der Waals surface area contributed by atoms with Crippen molar-refractivity contribution in [3.8, 4) is 0 Å². The molecule has 1 heterocycles. The zero-order valence-electron chi connectivity index (χ0n) is 11.3. The third-order valence-electron chi connectivity index (χ3n) is 3.33. The number of aromatic nitrogens is 2. The Morgan fingerprint density at radius 1 is 1.37 bits per heavy atom. The quantitative estimate of drug-likeness (QED) is 0.667. The zero-order valence-corrected chi connectivity index (χ0v) is 11.3. The highest BCUT2D eigenvalue weighted by Gasteiger charge is 2.40. The third kappa shape index (κ3) is 3.10. The number of amides is 1. The minimum absolute atomic E-state index is 0.123. The summed E-state index contributed by atoms with van der Waals surface area (Å²) in [5.41, 5.74) is -0.463. The van der Waals surface area contributed by atoms with E-state index in [1.807, 2.05) is 19.1 Å². The molecule has 0 radical (unpaired) electrons. The lowest BCUT2D eigenvalue weighted by molar-refractivity contribution is -0.118. The first-order valence-corrected chi connectivity index (χ1v) is 6.58. The molecule has 0 unspecified atom stereocenters. The minimum Gasteiger partial charge on any atom is -0.340 e. The maximum Gasteiger partial charge on any atom is 0.244 e. The highest BCUT2D eigenvalue weighted by Crippen LogP contribution is 2.37. The molecule has 1 fully saturated rings. The molecule has 1 aromatic rings. The van der Waals surface area contributed by atoms with Crippen molar-refractivity contribution in [2.24, 2.45) is 0 Å². The van der Waals surface area contributed by atoms with Gasteiger partial charge in [-0.15, -0.1) is 0 Å². The van der Waals surface area contributed by atoms with Crippen LogP contribution in [0.15, 0.2) is 28.8 Å². The van der Waals surface area contributed by atoms with E-state index in [-0.39, 0.29) is 5.91 Å². The maximum atomic E-state index is 11.9. The number of rotatable bonds is 4. The van der Waals surface area contributed by atoms with Gasteiger partial charge in [0.2, 0.25) is 11.8 Å². The van der Waals surface area contributed by atoms with Gasteiger partial charge in [-0.05, 0) is 19.8 Å². The Balaban J connectivity index is 2.14. The Morgan fingerprint density at radius 3 is 2.68 bits per heavy atom. The van der Waals surface area contributed by atoms with Crippen LogP contribution in [0.2, 0.25) is 0 Å². The van der Waals surface area contributed by atoms with E-state index in [2.05, 4.69) is 15.5 Å². The van der Waals surface area contributed by atoms with E-state index in [1.54, 1.807) is 13.0 Å². The number of allylic oxidation sites excluding steroid dienone is 3. The van der Waals surface area contributed by atoms with Crippen molar-refractivity contribution in [3.05, 3.63) is 36.0 Å². The number of carbonyl (C=O) groups excluding carboxylic acids is 1. The lowest BCUT2D eigenvalue weighted by atomic mass is 9.96. The molecular formula is C14H19N3O2. The number of carbonyl (C=O) groups is 1. The highest BCUT2D eigenvalue weighted by molar-refractivity contribution is 5.88. The van der Waals surface area contributed by atoms with Crippen LogP contribution in [0.4, 0.5) is 0 Å². The molecule has 0 bridgehead atoms. The number of nitrogens with one attached hydrogen (secondary N) is 1. The van der Waals surface area contributed by atoms with Crippen LogP contribution in [0.3, 0.4) is 0 Å². The average Bonchev–Trinajstić information content (AvgIpc) is 2.99. The second kappa shape index (κ2) is 5.82. The average molecular weight is 261 g/mol. The van der Waals surface area contributed by atoms with Gasteiger partial charge in [0.15, 0.2) is 5.82 Å². The smallest absolute Gasteiger partial charge is 0.244 e. The molecule has 19 heavy (non-hydrogen) atoms. The van der Waals surface area contributed by atoms with Gasteiger partial charge in [0, 0.05) is 13.0 Å². The van der Waals surface area contributed by atoms with Crippen LogP contribution in [0.5, 0.6) is 0 Å². The fourth-order valence-corrected chi connectivity index (χ4v) is 2.41. The molecule has 1 amide bonds. The molecule has 5 heteroatoms. The summed E-state index contributed by atoms with van der Waals surface area (Å²) < 4.78 is 5.04. The van der Waals surface area contributed by atoms with Crippen LogP contribution < -0.4 is 5.32 Å². The molecule has 0 aliphatic heterocycles. The van der Waals surface area contributed by atoms with Gasteiger partial charge in [-0.1, -0.05) is 36.2 Å². The molecule has 1 aliphatic carbocycles. The van der Waals surface area contributed by atoms with Crippen LogP contribution in [-0.4, -0.2) is 16.0 Å². The van der Waals surface area contributed by atoms with Crippen molar-refractivity contribution in [2.75, 3.05) is 0 Å². The largest absolute Gasteiger partial charge is 0.340 e. The third-order valence-corrected chi connectivity index (χ3v) is 3.33. The summed E-state index contributed by atoms with van der Waals surface area (Å²) in [5, 5.41) is 7.02. The van der Waals surface area contributed by atoms with Gasteiger partial charge in [0.05, 0.1) is 0 Å². The molecule has 0 aromatic carbocycles. The SMILES string of the molecule is CC=CC=CC(=O)NC1(c2noc(C)n2)CCCC1.